The quantitative estimate of drug-likeness (QED) is 0.617. The molecule has 0 spiro atoms. The summed E-state index contributed by atoms with van der Waals surface area (Å²) in [5, 5.41) is -0.648. The van der Waals surface area contributed by atoms with E-state index < -0.39 is 33.4 Å². The molecule has 0 radical (unpaired) electrons. The Morgan fingerprint density at radius 2 is 2.00 bits per heavy atom. The first-order valence-corrected chi connectivity index (χ1v) is 7.99. The Labute approximate surface area is 125 Å². The summed E-state index contributed by atoms with van der Waals surface area (Å²) >= 11 is 0. The van der Waals surface area contributed by atoms with Crippen molar-refractivity contribution in [1.82, 2.24) is 0 Å². The predicted molar refractivity (Wildman–Crippen MR) is 78.0 cm³/mol. The van der Waals surface area contributed by atoms with Gasteiger partial charge in [0.2, 0.25) is 5.91 Å². The first-order valence-electron chi connectivity index (χ1n) is 6.54. The lowest BCUT2D eigenvalue weighted by Gasteiger charge is -2.16. The van der Waals surface area contributed by atoms with E-state index in [-0.39, 0.29) is 6.54 Å². The zero-order valence-corrected chi connectivity index (χ0v) is 12.4. The summed E-state index contributed by atoms with van der Waals surface area (Å²) in [5.41, 5.74) is 0.883. The molecular weight excluding hydrogens is 313 g/mol. The van der Waals surface area contributed by atoms with Crippen molar-refractivity contribution in [1.29, 1.82) is 0 Å². The number of carbonyl (C=O) groups is 1. The maximum atomic E-state index is 13.0. The van der Waals surface area contributed by atoms with Crippen LogP contribution in [0.2, 0.25) is 0 Å². The Bertz CT molecular complexity index is 934. The summed E-state index contributed by atoms with van der Waals surface area (Å²) in [6.07, 6.45) is -0.394. The summed E-state index contributed by atoms with van der Waals surface area (Å²) in [4.78, 5) is 24.5. The van der Waals surface area contributed by atoms with Crippen LogP contribution in [0.15, 0.2) is 33.5 Å². The number of rotatable bonds is 2. The number of hydrogen-bond donors (Lipinski definition) is 0. The van der Waals surface area contributed by atoms with Crippen molar-refractivity contribution in [3.8, 4) is 0 Å². The maximum absolute atomic E-state index is 13.0. The van der Waals surface area contributed by atoms with E-state index in [0.29, 0.717) is 16.7 Å². The van der Waals surface area contributed by atoms with E-state index in [1.165, 1.54) is 17.0 Å². The summed E-state index contributed by atoms with van der Waals surface area (Å²) < 4.78 is 40.0. The van der Waals surface area contributed by atoms with Crippen LogP contribution in [-0.4, -0.2) is 26.1 Å². The van der Waals surface area contributed by atoms with Crippen LogP contribution < -0.4 is 10.5 Å². The van der Waals surface area contributed by atoms with Crippen LogP contribution in [0.1, 0.15) is 12.0 Å². The molecule has 1 aliphatic rings. The van der Waals surface area contributed by atoms with Gasteiger partial charge in [0.25, 0.3) is 0 Å². The van der Waals surface area contributed by atoms with Crippen LogP contribution in [0.3, 0.4) is 0 Å². The van der Waals surface area contributed by atoms with E-state index in [4.69, 9.17) is 4.42 Å². The third kappa shape index (κ3) is 2.50. The second-order valence-electron chi connectivity index (χ2n) is 5.23. The molecule has 0 N–H and O–H groups in total. The maximum Gasteiger partial charge on any atom is 0.336 e. The van der Waals surface area contributed by atoms with Gasteiger partial charge in [-0.2, -0.15) is 8.42 Å². The van der Waals surface area contributed by atoms with Gasteiger partial charge in [-0.05, 0) is 24.6 Å². The van der Waals surface area contributed by atoms with Crippen molar-refractivity contribution in [2.45, 2.75) is 18.6 Å². The molecule has 1 aromatic carbocycles. The van der Waals surface area contributed by atoms with Crippen LogP contribution in [0.25, 0.3) is 11.0 Å². The number of fused-ring (bicyclic) bond motifs is 1. The van der Waals surface area contributed by atoms with Crippen molar-refractivity contribution < 1.29 is 21.5 Å². The Kier molecular flexibility index (Phi) is 3.28. The van der Waals surface area contributed by atoms with Gasteiger partial charge in [0.15, 0.2) is 0 Å². The van der Waals surface area contributed by atoms with Crippen molar-refractivity contribution in [2.75, 3.05) is 11.4 Å². The van der Waals surface area contributed by atoms with Crippen LogP contribution in [0.5, 0.6) is 0 Å². The van der Waals surface area contributed by atoms with Gasteiger partial charge >= 0.3 is 15.8 Å². The molecule has 1 aromatic heterocycles. The molecule has 6 nitrogen and oxygen atoms in total. The molecule has 0 aliphatic carbocycles. The second-order valence-corrected chi connectivity index (χ2v) is 6.85. The molecule has 0 bridgehead atoms. The number of carbonyl (C=O) groups excluding carboxylic acids is 1. The smallest absolute Gasteiger partial charge is 0.336 e. The van der Waals surface area contributed by atoms with Gasteiger partial charge in [0.1, 0.15) is 10.8 Å². The Balaban J connectivity index is 2.04. The first-order chi connectivity index (χ1) is 10.3. The topological polar surface area (TPSA) is 84.7 Å². The molecule has 1 fully saturated rings. The minimum absolute atomic E-state index is 0.251. The zero-order chi connectivity index (χ0) is 16.1. The lowest BCUT2D eigenvalue weighted by molar-refractivity contribution is -0.117. The highest BCUT2D eigenvalue weighted by Gasteiger charge is 2.39. The minimum atomic E-state index is -4.77. The van der Waals surface area contributed by atoms with Crippen LogP contribution in [0, 0.1) is 6.92 Å². The Morgan fingerprint density at radius 1 is 1.27 bits per heavy atom. The average molecular weight is 325 g/mol. The van der Waals surface area contributed by atoms with Crippen LogP contribution >= 0.6 is 0 Å². The lowest BCUT2D eigenvalue weighted by Crippen LogP contribution is -2.26. The average Bonchev–Trinajstić information content (AvgIpc) is 2.80. The number of amides is 1. The lowest BCUT2D eigenvalue weighted by atomic mass is 10.1. The van der Waals surface area contributed by atoms with Gasteiger partial charge in [-0.1, -0.05) is 0 Å². The molecule has 0 saturated carbocycles. The van der Waals surface area contributed by atoms with Crippen LogP contribution in [0.4, 0.5) is 9.57 Å². The van der Waals surface area contributed by atoms with Gasteiger partial charge in [-0.3, -0.25) is 4.79 Å². The molecular formula is C14H12FNO5S. The zero-order valence-electron chi connectivity index (χ0n) is 11.6. The predicted octanol–water partition coefficient (Wildman–Crippen LogP) is 1.51. The molecule has 2 heterocycles. The molecule has 116 valence electrons. The van der Waals surface area contributed by atoms with E-state index in [1.54, 1.807) is 19.1 Å². The number of nitrogens with zero attached hydrogens (tertiary/aromatic N) is 1. The second kappa shape index (κ2) is 4.91. The van der Waals surface area contributed by atoms with Crippen molar-refractivity contribution in [3.05, 3.63) is 40.2 Å². The van der Waals surface area contributed by atoms with E-state index >= 15 is 0 Å². The Morgan fingerprint density at radius 3 is 2.64 bits per heavy atom. The molecule has 3 rings (SSSR count). The number of aryl methyl sites for hydroxylation is 1. The third-order valence-corrected chi connectivity index (χ3v) is 4.85. The van der Waals surface area contributed by atoms with Gasteiger partial charge < -0.3 is 9.32 Å². The molecule has 1 saturated heterocycles. The highest BCUT2D eigenvalue weighted by atomic mass is 32.3. The molecule has 8 heteroatoms. The largest absolute Gasteiger partial charge is 0.423 e. The summed E-state index contributed by atoms with van der Waals surface area (Å²) in [6, 6.07) is 6.12. The van der Waals surface area contributed by atoms with Crippen molar-refractivity contribution >= 4 is 32.8 Å². The van der Waals surface area contributed by atoms with Gasteiger partial charge in [-0.25, -0.2) is 4.79 Å². The molecule has 1 unspecified atom stereocenters. The highest BCUT2D eigenvalue weighted by Crippen LogP contribution is 2.29. The monoisotopic (exact) mass is 325 g/mol. The fourth-order valence-electron chi connectivity index (χ4n) is 2.59. The van der Waals surface area contributed by atoms with Crippen molar-refractivity contribution in [3.63, 3.8) is 0 Å². The van der Waals surface area contributed by atoms with E-state index in [0.717, 1.165) is 5.56 Å². The molecule has 2 aromatic rings. The fraction of sp³-hybridized carbons (Fsp3) is 0.286. The van der Waals surface area contributed by atoms with Gasteiger partial charge in [0, 0.05) is 36.2 Å². The van der Waals surface area contributed by atoms with E-state index in [9.17, 15) is 21.9 Å². The number of halogens is 1. The number of hydrogen-bond acceptors (Lipinski definition) is 5. The molecule has 22 heavy (non-hydrogen) atoms. The molecule has 1 atom stereocenters. The summed E-state index contributed by atoms with van der Waals surface area (Å²) in [5.74, 6) is -0.486. The van der Waals surface area contributed by atoms with Crippen molar-refractivity contribution in [2.24, 2.45) is 0 Å². The molecule has 1 amide bonds. The van der Waals surface area contributed by atoms with Gasteiger partial charge in [0.05, 0.1) is 0 Å². The normalized spacial score (nSPS) is 19.1. The third-order valence-electron chi connectivity index (χ3n) is 3.73. The SMILES string of the molecule is Cc1cc(=O)oc2cc(N3CC(S(=O)(=O)F)CC3=O)ccc12. The fourth-order valence-corrected chi connectivity index (χ4v) is 3.26. The number of anilines is 1. The first kappa shape index (κ1) is 14.7. The molecule has 1 aliphatic heterocycles. The van der Waals surface area contributed by atoms with E-state index in [2.05, 4.69) is 0 Å². The van der Waals surface area contributed by atoms with Crippen LogP contribution in [-0.2, 0) is 15.0 Å². The van der Waals surface area contributed by atoms with E-state index in [1.807, 2.05) is 0 Å². The summed E-state index contributed by atoms with van der Waals surface area (Å²) in [7, 11) is -4.77. The number of benzene rings is 1. The highest BCUT2D eigenvalue weighted by molar-refractivity contribution is 7.87. The standard InChI is InChI=1S/C14H12FNO5S/c1-8-4-14(18)21-12-5-9(2-3-11(8)12)16-7-10(6-13(16)17)22(15,19)20/h2-5,10H,6-7H2,1H3. The Hall–Kier alpha value is -2.22. The minimum Gasteiger partial charge on any atom is -0.423 e. The van der Waals surface area contributed by atoms with Gasteiger partial charge in [-0.15, -0.1) is 3.89 Å². The summed E-state index contributed by atoms with van der Waals surface area (Å²) in [6.45, 7) is 1.50.